The molecule has 10 heteroatoms. The summed E-state index contributed by atoms with van der Waals surface area (Å²) >= 11 is 1.27. The number of esters is 1. The van der Waals surface area contributed by atoms with Crippen LogP contribution in [0.1, 0.15) is 27.5 Å². The van der Waals surface area contributed by atoms with Gasteiger partial charge in [-0.25, -0.2) is 9.78 Å². The smallest absolute Gasteiger partial charge is 0.357 e. The number of nitro benzene ring substituents is 1. The van der Waals surface area contributed by atoms with Gasteiger partial charge in [-0.2, -0.15) is 0 Å². The summed E-state index contributed by atoms with van der Waals surface area (Å²) in [6, 6.07) is 5.90. The molecule has 0 atom stereocenters. The number of methoxy groups -OCH3 is 2. The van der Waals surface area contributed by atoms with E-state index in [2.05, 4.69) is 9.72 Å². The molecule has 1 amide bonds. The summed E-state index contributed by atoms with van der Waals surface area (Å²) < 4.78 is 9.69. The molecule has 0 aliphatic carbocycles. The Bertz CT molecular complexity index is 878. The largest absolute Gasteiger partial charge is 0.464 e. The maximum Gasteiger partial charge on any atom is 0.357 e. The van der Waals surface area contributed by atoms with Crippen LogP contribution in [0, 0.1) is 10.1 Å². The summed E-state index contributed by atoms with van der Waals surface area (Å²) in [5.74, 6) is -0.767. The minimum atomic E-state index is -0.525. The van der Waals surface area contributed by atoms with Gasteiger partial charge in [0.1, 0.15) is 5.01 Å². The molecule has 2 rings (SSSR count). The minimum Gasteiger partial charge on any atom is -0.464 e. The van der Waals surface area contributed by atoms with Gasteiger partial charge in [0.2, 0.25) is 5.91 Å². The predicted octanol–water partition coefficient (Wildman–Crippen LogP) is 2.92. The monoisotopic (exact) mass is 419 g/mol. The fraction of sp³-hybridized carbons (Fsp3) is 0.316. The van der Waals surface area contributed by atoms with E-state index in [4.69, 9.17) is 4.74 Å². The van der Waals surface area contributed by atoms with Gasteiger partial charge in [0.05, 0.1) is 18.6 Å². The second-order valence-corrected chi connectivity index (χ2v) is 6.85. The zero-order chi connectivity index (χ0) is 21.2. The van der Waals surface area contributed by atoms with Crippen molar-refractivity contribution in [2.45, 2.75) is 13.0 Å². The lowest BCUT2D eigenvalue weighted by atomic mass is 10.2. The van der Waals surface area contributed by atoms with E-state index in [0.717, 1.165) is 0 Å². The molecule has 0 spiro atoms. The van der Waals surface area contributed by atoms with Crippen molar-refractivity contribution in [3.05, 3.63) is 62.1 Å². The van der Waals surface area contributed by atoms with E-state index < -0.39 is 10.9 Å². The van der Waals surface area contributed by atoms with Gasteiger partial charge in [-0.15, -0.1) is 11.3 Å². The molecule has 29 heavy (non-hydrogen) atoms. The number of hydrogen-bond acceptors (Lipinski definition) is 8. The summed E-state index contributed by atoms with van der Waals surface area (Å²) in [5.41, 5.74) is 0.862. The van der Waals surface area contributed by atoms with Crippen LogP contribution in [-0.4, -0.2) is 54.1 Å². The highest BCUT2D eigenvalue weighted by Gasteiger charge is 2.16. The van der Waals surface area contributed by atoms with Crippen LogP contribution in [0.3, 0.4) is 0 Å². The molecule has 0 saturated heterocycles. The Morgan fingerprint density at radius 2 is 2.00 bits per heavy atom. The van der Waals surface area contributed by atoms with E-state index in [1.54, 1.807) is 35.6 Å². The number of rotatable bonds is 10. The fourth-order valence-electron chi connectivity index (χ4n) is 2.39. The minimum absolute atomic E-state index is 0.0140. The number of nitro groups is 1. The van der Waals surface area contributed by atoms with Gasteiger partial charge in [-0.3, -0.25) is 14.9 Å². The molecule has 0 aliphatic heterocycles. The van der Waals surface area contributed by atoms with Crippen LogP contribution in [0.25, 0.3) is 6.08 Å². The van der Waals surface area contributed by atoms with Crippen molar-refractivity contribution in [1.29, 1.82) is 0 Å². The van der Waals surface area contributed by atoms with Gasteiger partial charge in [-0.1, -0.05) is 0 Å². The second-order valence-electron chi connectivity index (χ2n) is 5.91. The van der Waals surface area contributed by atoms with Crippen LogP contribution in [0.4, 0.5) is 5.69 Å². The Kier molecular flexibility index (Phi) is 8.44. The fourth-order valence-corrected chi connectivity index (χ4v) is 3.17. The number of nitrogens with zero attached hydrogens (tertiary/aromatic N) is 3. The molecule has 0 saturated carbocycles. The highest BCUT2D eigenvalue weighted by atomic mass is 32.1. The van der Waals surface area contributed by atoms with E-state index in [-0.39, 0.29) is 23.8 Å². The molecule has 1 aromatic carbocycles. The number of carbonyl (C=O) groups is 2. The van der Waals surface area contributed by atoms with Gasteiger partial charge in [0, 0.05) is 43.9 Å². The first-order valence-corrected chi connectivity index (χ1v) is 9.55. The molecule has 0 unspecified atom stereocenters. The SMILES string of the molecule is COCCCN(Cc1nc(C(=O)OC)cs1)C(=O)C=Cc1ccc([N+](=O)[O-])cc1. The number of aromatic nitrogens is 1. The van der Waals surface area contributed by atoms with Crippen molar-refractivity contribution in [2.75, 3.05) is 27.4 Å². The van der Waals surface area contributed by atoms with E-state index in [9.17, 15) is 19.7 Å². The molecule has 0 radical (unpaired) electrons. The van der Waals surface area contributed by atoms with Crippen molar-refractivity contribution < 1.29 is 24.0 Å². The average molecular weight is 419 g/mol. The van der Waals surface area contributed by atoms with Crippen molar-refractivity contribution in [1.82, 2.24) is 9.88 Å². The van der Waals surface area contributed by atoms with Crippen molar-refractivity contribution in [3.63, 3.8) is 0 Å². The number of benzene rings is 1. The van der Waals surface area contributed by atoms with Gasteiger partial charge in [-0.05, 0) is 30.2 Å². The van der Waals surface area contributed by atoms with Crippen LogP contribution in [-0.2, 0) is 20.8 Å². The number of ether oxygens (including phenoxy) is 2. The summed E-state index contributed by atoms with van der Waals surface area (Å²) in [5, 5.41) is 12.9. The van der Waals surface area contributed by atoms with Crippen molar-refractivity contribution in [2.24, 2.45) is 0 Å². The molecule has 154 valence electrons. The zero-order valence-corrected chi connectivity index (χ0v) is 16.9. The number of amides is 1. The number of hydrogen-bond donors (Lipinski definition) is 0. The number of non-ortho nitro benzene ring substituents is 1. The normalized spacial score (nSPS) is 10.8. The zero-order valence-electron chi connectivity index (χ0n) is 16.1. The van der Waals surface area contributed by atoms with Crippen LogP contribution < -0.4 is 0 Å². The lowest BCUT2D eigenvalue weighted by Crippen LogP contribution is -2.30. The first-order valence-electron chi connectivity index (χ1n) is 8.67. The number of thiazole rings is 1. The second kappa shape index (κ2) is 11.0. The maximum atomic E-state index is 12.7. The summed E-state index contributed by atoms with van der Waals surface area (Å²) in [6.45, 7) is 1.19. The third-order valence-electron chi connectivity index (χ3n) is 3.88. The standard InChI is InChI=1S/C19H21N3O6S/c1-27-11-3-10-21(12-17-20-16(13-29-17)19(24)28-2)18(23)9-6-14-4-7-15(8-5-14)22(25)26/h4-9,13H,3,10-12H2,1-2H3. The Labute approximate surface area is 171 Å². The highest BCUT2D eigenvalue weighted by Crippen LogP contribution is 2.15. The predicted molar refractivity (Wildman–Crippen MR) is 107 cm³/mol. The Morgan fingerprint density at radius 1 is 1.28 bits per heavy atom. The first-order chi connectivity index (χ1) is 13.9. The Morgan fingerprint density at radius 3 is 2.62 bits per heavy atom. The molecule has 0 N–H and O–H groups in total. The lowest BCUT2D eigenvalue weighted by molar-refractivity contribution is -0.384. The van der Waals surface area contributed by atoms with Gasteiger partial charge >= 0.3 is 5.97 Å². The topological polar surface area (TPSA) is 112 Å². The third-order valence-corrected chi connectivity index (χ3v) is 4.72. The summed E-state index contributed by atoms with van der Waals surface area (Å²) in [6.07, 6.45) is 3.64. The first kappa shape index (κ1) is 22.2. The molecule has 0 bridgehead atoms. The van der Waals surface area contributed by atoms with E-state index in [1.165, 1.54) is 36.7 Å². The molecule has 2 aromatic rings. The Hall–Kier alpha value is -3.11. The maximum absolute atomic E-state index is 12.7. The van der Waals surface area contributed by atoms with Gasteiger partial charge in [0.25, 0.3) is 5.69 Å². The van der Waals surface area contributed by atoms with Crippen LogP contribution >= 0.6 is 11.3 Å². The molecule has 0 aliphatic rings. The van der Waals surface area contributed by atoms with Crippen LogP contribution in [0.15, 0.2) is 35.7 Å². The van der Waals surface area contributed by atoms with E-state index >= 15 is 0 Å². The van der Waals surface area contributed by atoms with E-state index in [0.29, 0.717) is 30.1 Å². The summed E-state index contributed by atoms with van der Waals surface area (Å²) in [4.78, 5) is 40.3. The van der Waals surface area contributed by atoms with Gasteiger partial charge < -0.3 is 14.4 Å². The molecular formula is C19H21N3O6S. The van der Waals surface area contributed by atoms with Crippen molar-refractivity contribution in [3.8, 4) is 0 Å². The number of carbonyl (C=O) groups excluding carboxylic acids is 2. The van der Waals surface area contributed by atoms with Crippen LogP contribution in [0.2, 0.25) is 0 Å². The summed E-state index contributed by atoms with van der Waals surface area (Å²) in [7, 11) is 2.87. The lowest BCUT2D eigenvalue weighted by Gasteiger charge is -2.20. The molecule has 9 nitrogen and oxygen atoms in total. The molecular weight excluding hydrogens is 398 g/mol. The Balaban J connectivity index is 2.08. The molecule has 1 heterocycles. The third kappa shape index (κ3) is 6.77. The van der Waals surface area contributed by atoms with E-state index in [1.807, 2.05) is 0 Å². The molecule has 0 fully saturated rings. The van der Waals surface area contributed by atoms with Gasteiger partial charge in [0.15, 0.2) is 5.69 Å². The van der Waals surface area contributed by atoms with Crippen LogP contribution in [0.5, 0.6) is 0 Å². The quantitative estimate of drug-likeness (QED) is 0.191. The highest BCUT2D eigenvalue weighted by molar-refractivity contribution is 7.09. The van der Waals surface area contributed by atoms with Crippen molar-refractivity contribution >= 4 is 35.0 Å². The average Bonchev–Trinajstić information content (AvgIpc) is 3.19. The molecule has 1 aromatic heterocycles.